The number of carbonyl (C=O) groups excluding carboxylic acids is 1. The molecule has 0 saturated carbocycles. The quantitative estimate of drug-likeness (QED) is 0.447. The highest BCUT2D eigenvalue weighted by Crippen LogP contribution is 2.33. The van der Waals surface area contributed by atoms with E-state index >= 15 is 0 Å². The number of ether oxygens (including phenoxy) is 1. The van der Waals surface area contributed by atoms with Crippen LogP contribution in [0.1, 0.15) is 53.1 Å². The summed E-state index contributed by atoms with van der Waals surface area (Å²) in [6, 6.07) is 4.85. The molecule has 12 heteroatoms. The number of carbonyl (C=O) groups is 1. The lowest BCUT2D eigenvalue weighted by molar-refractivity contribution is -0.171. The summed E-state index contributed by atoms with van der Waals surface area (Å²) in [5.74, 6) is -0.447. The minimum absolute atomic E-state index is 0.0463. The van der Waals surface area contributed by atoms with Crippen LogP contribution < -0.4 is 5.32 Å². The number of alkyl halides is 2. The summed E-state index contributed by atoms with van der Waals surface area (Å²) in [6.07, 6.45) is -0.542. The number of fused-ring (bicyclic) bond motifs is 5. The largest absolute Gasteiger partial charge is 0.371 e. The summed E-state index contributed by atoms with van der Waals surface area (Å²) in [6.45, 7) is 4.34. The Morgan fingerprint density at radius 2 is 1.89 bits per heavy atom. The van der Waals surface area contributed by atoms with Crippen molar-refractivity contribution >= 4 is 28.4 Å². The zero-order valence-corrected chi connectivity index (χ0v) is 19.5. The van der Waals surface area contributed by atoms with Gasteiger partial charge in [0.2, 0.25) is 0 Å². The van der Waals surface area contributed by atoms with Gasteiger partial charge in [-0.15, -0.1) is 0 Å². The predicted octanol–water partition coefficient (Wildman–Crippen LogP) is 3.84. The Bertz CT molecular complexity index is 1490. The average molecular weight is 497 g/mol. The van der Waals surface area contributed by atoms with Gasteiger partial charge < -0.3 is 15.0 Å². The minimum Gasteiger partial charge on any atom is -0.371 e. The fourth-order valence-electron chi connectivity index (χ4n) is 4.96. The molecule has 4 aromatic rings. The van der Waals surface area contributed by atoms with Crippen molar-refractivity contribution in [2.24, 2.45) is 0 Å². The summed E-state index contributed by atoms with van der Waals surface area (Å²) < 4.78 is 48.4. The van der Waals surface area contributed by atoms with Crippen molar-refractivity contribution in [1.82, 2.24) is 29.5 Å². The van der Waals surface area contributed by atoms with Crippen molar-refractivity contribution in [2.75, 3.05) is 18.4 Å². The van der Waals surface area contributed by atoms with E-state index in [9.17, 15) is 18.0 Å². The number of aryl methyl sites for hydroxylation is 1. The second kappa shape index (κ2) is 8.40. The van der Waals surface area contributed by atoms with Gasteiger partial charge in [0, 0.05) is 25.1 Å². The summed E-state index contributed by atoms with van der Waals surface area (Å²) in [4.78, 5) is 28.5. The van der Waals surface area contributed by atoms with E-state index in [0.29, 0.717) is 47.0 Å². The first-order chi connectivity index (χ1) is 17.3. The SMILES string of the molecule is Cc1nc(N[C@H](C)c2cccc(C(F)F)c2F)c2cc(C(=O)N3CC4CC(C3)O4)c3ncnn3c2n1. The third kappa shape index (κ3) is 3.63. The van der Waals surface area contributed by atoms with Crippen LogP contribution in [-0.2, 0) is 4.74 Å². The Hall–Kier alpha value is -3.80. The zero-order chi connectivity index (χ0) is 25.1. The zero-order valence-electron chi connectivity index (χ0n) is 19.5. The predicted molar refractivity (Wildman–Crippen MR) is 123 cm³/mol. The topological polar surface area (TPSA) is 97.5 Å². The van der Waals surface area contributed by atoms with Crippen molar-refractivity contribution in [3.8, 4) is 0 Å². The molecule has 2 bridgehead atoms. The molecule has 6 heterocycles. The van der Waals surface area contributed by atoms with Gasteiger partial charge in [-0.2, -0.15) is 9.61 Å². The molecule has 36 heavy (non-hydrogen) atoms. The molecule has 0 aliphatic carbocycles. The number of morpholine rings is 1. The Morgan fingerprint density at radius 3 is 2.61 bits per heavy atom. The summed E-state index contributed by atoms with van der Waals surface area (Å²) >= 11 is 0. The smallest absolute Gasteiger partial charge is 0.266 e. The number of nitrogens with one attached hydrogen (secondary N) is 1. The second-order valence-corrected chi connectivity index (χ2v) is 9.15. The number of hydrogen-bond acceptors (Lipinski definition) is 7. The van der Waals surface area contributed by atoms with Crippen LogP contribution in [0.3, 0.4) is 0 Å². The third-order valence-electron chi connectivity index (χ3n) is 6.70. The average Bonchev–Trinajstić information content (AvgIpc) is 3.33. The monoisotopic (exact) mass is 497 g/mol. The number of aromatic nitrogens is 5. The molecule has 3 atom stereocenters. The molecule has 1 N–H and O–H groups in total. The van der Waals surface area contributed by atoms with Gasteiger partial charge in [-0.05, 0) is 19.9 Å². The van der Waals surface area contributed by atoms with Crippen molar-refractivity contribution in [1.29, 1.82) is 0 Å². The standard InChI is InChI=1S/C24H22F3N7O2/c1-11(15-4-3-5-16(19(15)25)20(26)27)30-21-17-7-18(24(35)33-8-13-6-14(9-33)36-13)22-28-10-29-34(22)23(17)32-12(2)31-21/h3-5,7,10-11,13-14,20H,6,8-9H2,1-2H3,(H,30,31,32)/t11-,13?,14?/m1/s1. The number of pyridine rings is 1. The van der Waals surface area contributed by atoms with Gasteiger partial charge >= 0.3 is 0 Å². The number of rotatable bonds is 5. The van der Waals surface area contributed by atoms with E-state index in [2.05, 4.69) is 25.4 Å². The van der Waals surface area contributed by atoms with Crippen molar-refractivity contribution in [3.05, 3.63) is 58.9 Å². The highest BCUT2D eigenvalue weighted by Gasteiger charge is 2.40. The molecular formula is C24H22F3N7O2. The molecule has 186 valence electrons. The van der Waals surface area contributed by atoms with Crippen LogP contribution in [0.5, 0.6) is 0 Å². The lowest BCUT2D eigenvalue weighted by atomic mass is 9.98. The molecule has 3 fully saturated rings. The van der Waals surface area contributed by atoms with E-state index in [1.807, 2.05) is 0 Å². The van der Waals surface area contributed by atoms with E-state index in [1.54, 1.807) is 24.8 Å². The van der Waals surface area contributed by atoms with Crippen LogP contribution in [0.15, 0.2) is 30.6 Å². The Balaban J connectivity index is 1.43. The number of hydrogen-bond donors (Lipinski definition) is 1. The van der Waals surface area contributed by atoms with Gasteiger partial charge in [-0.25, -0.2) is 28.1 Å². The normalized spacial score (nSPS) is 20.1. The van der Waals surface area contributed by atoms with E-state index in [1.165, 1.54) is 23.0 Å². The fraction of sp³-hybridized carbons (Fsp3) is 0.375. The van der Waals surface area contributed by atoms with Gasteiger partial charge in [0.05, 0.1) is 34.8 Å². The second-order valence-electron chi connectivity index (χ2n) is 9.15. The Morgan fingerprint density at radius 1 is 1.17 bits per heavy atom. The molecular weight excluding hydrogens is 475 g/mol. The molecule has 1 amide bonds. The molecule has 1 aromatic carbocycles. The highest BCUT2D eigenvalue weighted by molar-refractivity contribution is 6.04. The Labute approximate surface area is 203 Å². The molecule has 3 aliphatic heterocycles. The summed E-state index contributed by atoms with van der Waals surface area (Å²) in [5.41, 5.74) is 0.511. The van der Waals surface area contributed by atoms with Crippen LogP contribution in [0.4, 0.5) is 19.0 Å². The summed E-state index contributed by atoms with van der Waals surface area (Å²) in [7, 11) is 0. The van der Waals surface area contributed by atoms with E-state index in [4.69, 9.17) is 4.74 Å². The molecule has 0 spiro atoms. The maximum Gasteiger partial charge on any atom is 0.266 e. The van der Waals surface area contributed by atoms with Gasteiger partial charge in [-0.3, -0.25) is 4.79 Å². The van der Waals surface area contributed by atoms with Crippen molar-refractivity contribution < 1.29 is 22.7 Å². The maximum absolute atomic E-state index is 14.8. The van der Waals surface area contributed by atoms with Crippen LogP contribution in [0.2, 0.25) is 0 Å². The number of nitrogens with zero attached hydrogens (tertiary/aromatic N) is 6. The molecule has 3 aromatic heterocycles. The molecule has 3 saturated heterocycles. The molecule has 9 nitrogen and oxygen atoms in total. The van der Waals surface area contributed by atoms with Gasteiger partial charge in [0.15, 0.2) is 11.3 Å². The van der Waals surface area contributed by atoms with Crippen molar-refractivity contribution in [2.45, 2.75) is 44.9 Å². The van der Waals surface area contributed by atoms with E-state index in [0.717, 1.165) is 12.5 Å². The van der Waals surface area contributed by atoms with Crippen LogP contribution in [0.25, 0.3) is 16.7 Å². The number of benzene rings is 1. The molecule has 2 unspecified atom stereocenters. The van der Waals surface area contributed by atoms with Crippen LogP contribution in [0, 0.1) is 12.7 Å². The number of amides is 1. The lowest BCUT2D eigenvalue weighted by Gasteiger charge is -2.47. The first kappa shape index (κ1) is 22.7. The number of piperidine rings is 1. The van der Waals surface area contributed by atoms with Gasteiger partial charge in [-0.1, -0.05) is 18.2 Å². The minimum atomic E-state index is -2.93. The van der Waals surface area contributed by atoms with E-state index < -0.39 is 23.8 Å². The first-order valence-corrected chi connectivity index (χ1v) is 11.6. The molecule has 0 radical (unpaired) electrons. The highest BCUT2D eigenvalue weighted by atomic mass is 19.3. The van der Waals surface area contributed by atoms with Gasteiger partial charge in [0.25, 0.3) is 12.3 Å². The van der Waals surface area contributed by atoms with Crippen LogP contribution >= 0.6 is 0 Å². The number of halogens is 3. The molecule has 7 rings (SSSR count). The third-order valence-corrected chi connectivity index (χ3v) is 6.70. The first-order valence-electron chi connectivity index (χ1n) is 11.6. The maximum atomic E-state index is 14.8. The fourth-order valence-corrected chi connectivity index (χ4v) is 4.96. The molecule has 3 aliphatic rings. The van der Waals surface area contributed by atoms with E-state index in [-0.39, 0.29) is 23.7 Å². The summed E-state index contributed by atoms with van der Waals surface area (Å²) in [5, 5.41) is 7.87. The van der Waals surface area contributed by atoms with Crippen LogP contribution in [-0.4, -0.2) is 60.7 Å². The lowest BCUT2D eigenvalue weighted by Crippen LogP contribution is -2.58. The Kier molecular flexibility index (Phi) is 5.29. The number of anilines is 1. The van der Waals surface area contributed by atoms with Gasteiger partial charge in [0.1, 0.15) is 23.8 Å². The van der Waals surface area contributed by atoms with Crippen molar-refractivity contribution in [3.63, 3.8) is 0 Å².